The molecule has 1 fully saturated rings. The molecule has 31 heavy (non-hydrogen) atoms. The van der Waals surface area contributed by atoms with Crippen LogP contribution in [0.3, 0.4) is 0 Å². The van der Waals surface area contributed by atoms with Crippen LogP contribution in [0.15, 0.2) is 54.2 Å². The summed E-state index contributed by atoms with van der Waals surface area (Å²) < 4.78 is 6.81. The minimum absolute atomic E-state index is 0.0263. The lowest BCUT2D eigenvalue weighted by atomic mass is 9.96. The molecule has 0 spiro atoms. The summed E-state index contributed by atoms with van der Waals surface area (Å²) in [7, 11) is 1.58. The predicted octanol–water partition coefficient (Wildman–Crippen LogP) is 3.75. The number of aliphatic hydroxyl groups excluding tert-OH is 1. The summed E-state index contributed by atoms with van der Waals surface area (Å²) in [5.41, 5.74) is 2.25. The summed E-state index contributed by atoms with van der Waals surface area (Å²) in [5, 5.41) is 11.8. The topological polar surface area (TPSA) is 84.1 Å². The number of aryl methyl sites for hydroxylation is 1. The van der Waals surface area contributed by atoms with E-state index in [-0.39, 0.29) is 11.3 Å². The Labute approximate surface area is 184 Å². The lowest BCUT2D eigenvalue weighted by molar-refractivity contribution is -0.140. The fourth-order valence-electron chi connectivity index (χ4n) is 4.04. The number of hydrogen-bond acceptors (Lipinski definition) is 5. The summed E-state index contributed by atoms with van der Waals surface area (Å²) in [6.45, 7) is 2.50. The second-order valence-electron chi connectivity index (χ2n) is 7.37. The number of ketones is 1. The van der Waals surface area contributed by atoms with Crippen molar-refractivity contribution in [3.8, 4) is 0 Å². The normalized spacial score (nSPS) is 18.3. The number of nitrogens with zero attached hydrogens (tertiary/aromatic N) is 3. The van der Waals surface area contributed by atoms with E-state index in [1.165, 1.54) is 4.90 Å². The van der Waals surface area contributed by atoms with Gasteiger partial charge in [0.1, 0.15) is 11.3 Å². The Hall–Kier alpha value is -3.16. The first kappa shape index (κ1) is 21.1. The van der Waals surface area contributed by atoms with Crippen molar-refractivity contribution in [1.82, 2.24) is 14.3 Å². The third-order valence-electron chi connectivity index (χ3n) is 5.38. The summed E-state index contributed by atoms with van der Waals surface area (Å²) in [4.78, 5) is 32.0. The molecule has 4 rings (SSSR count). The molecule has 0 bridgehead atoms. The second kappa shape index (κ2) is 8.53. The highest BCUT2D eigenvalue weighted by atomic mass is 35.5. The number of ether oxygens (including phenoxy) is 1. The number of aliphatic hydroxyl groups is 1. The number of aromatic nitrogens is 2. The molecule has 1 atom stereocenters. The highest BCUT2D eigenvalue weighted by molar-refractivity contribution is 6.46. The molecule has 160 valence electrons. The van der Waals surface area contributed by atoms with Crippen LogP contribution in [0.25, 0.3) is 11.4 Å². The smallest absolute Gasteiger partial charge is 0.295 e. The number of imidazole rings is 1. The van der Waals surface area contributed by atoms with Gasteiger partial charge in [-0.05, 0) is 43.2 Å². The summed E-state index contributed by atoms with van der Waals surface area (Å²) in [6.07, 6.45) is 2.31. The molecule has 0 aliphatic carbocycles. The van der Waals surface area contributed by atoms with Gasteiger partial charge in [0.25, 0.3) is 11.7 Å². The van der Waals surface area contributed by atoms with E-state index in [0.717, 1.165) is 0 Å². The van der Waals surface area contributed by atoms with Gasteiger partial charge in [-0.15, -0.1) is 0 Å². The average Bonchev–Trinajstić information content (AvgIpc) is 3.22. The van der Waals surface area contributed by atoms with Gasteiger partial charge in [0.15, 0.2) is 5.76 Å². The van der Waals surface area contributed by atoms with Crippen LogP contribution in [-0.2, 0) is 14.3 Å². The van der Waals surface area contributed by atoms with E-state index in [0.29, 0.717) is 47.2 Å². The van der Waals surface area contributed by atoms with Gasteiger partial charge < -0.3 is 14.7 Å². The van der Waals surface area contributed by atoms with Gasteiger partial charge in [0.05, 0.1) is 17.3 Å². The molecule has 1 aliphatic heterocycles. The number of Topliss-reactive ketones (excluding diaryl/α,β-unsaturated/α-hetero) is 1. The number of amides is 1. The number of fused-ring (bicyclic) bond motifs is 1. The summed E-state index contributed by atoms with van der Waals surface area (Å²) >= 11 is 6.20. The van der Waals surface area contributed by atoms with Crippen LogP contribution in [-0.4, -0.2) is 51.3 Å². The zero-order valence-electron chi connectivity index (χ0n) is 17.2. The molecule has 8 heteroatoms. The maximum atomic E-state index is 13.1. The number of rotatable bonds is 6. The quantitative estimate of drug-likeness (QED) is 0.273. The van der Waals surface area contributed by atoms with Gasteiger partial charge in [-0.1, -0.05) is 29.8 Å². The van der Waals surface area contributed by atoms with E-state index in [1.807, 2.05) is 18.2 Å². The third-order valence-corrected chi connectivity index (χ3v) is 5.62. The van der Waals surface area contributed by atoms with Crippen molar-refractivity contribution in [3.05, 3.63) is 76.2 Å². The maximum absolute atomic E-state index is 13.1. The van der Waals surface area contributed by atoms with Crippen molar-refractivity contribution >= 4 is 34.7 Å². The lowest BCUT2D eigenvalue weighted by Gasteiger charge is -2.25. The van der Waals surface area contributed by atoms with Crippen molar-refractivity contribution < 1.29 is 19.4 Å². The molecule has 1 amide bonds. The molecule has 1 unspecified atom stereocenters. The fraction of sp³-hybridized carbons (Fsp3) is 0.261. The number of methoxy groups -OCH3 is 1. The Morgan fingerprint density at radius 2 is 2.03 bits per heavy atom. The van der Waals surface area contributed by atoms with Crippen molar-refractivity contribution in [1.29, 1.82) is 0 Å². The monoisotopic (exact) mass is 439 g/mol. The van der Waals surface area contributed by atoms with Crippen molar-refractivity contribution in [2.75, 3.05) is 20.3 Å². The minimum Gasteiger partial charge on any atom is -0.505 e. The molecule has 1 saturated heterocycles. The van der Waals surface area contributed by atoms with E-state index in [4.69, 9.17) is 16.3 Å². The van der Waals surface area contributed by atoms with Crippen LogP contribution in [0, 0.1) is 6.92 Å². The lowest BCUT2D eigenvalue weighted by Crippen LogP contribution is -2.31. The van der Waals surface area contributed by atoms with Crippen LogP contribution in [0.1, 0.15) is 29.4 Å². The van der Waals surface area contributed by atoms with Gasteiger partial charge in [-0.25, -0.2) is 4.98 Å². The first-order valence-corrected chi connectivity index (χ1v) is 10.3. The third kappa shape index (κ3) is 3.71. The number of pyridine rings is 1. The van der Waals surface area contributed by atoms with Gasteiger partial charge in [0.2, 0.25) is 0 Å². The van der Waals surface area contributed by atoms with Crippen LogP contribution in [0.4, 0.5) is 0 Å². The number of carbonyl (C=O) groups is 2. The van der Waals surface area contributed by atoms with Crippen LogP contribution < -0.4 is 0 Å². The van der Waals surface area contributed by atoms with E-state index in [2.05, 4.69) is 4.98 Å². The first-order chi connectivity index (χ1) is 14.9. The molecule has 7 nitrogen and oxygen atoms in total. The Balaban J connectivity index is 1.91. The fourth-order valence-corrected chi connectivity index (χ4v) is 4.24. The molecule has 1 aliphatic rings. The molecule has 3 heterocycles. The van der Waals surface area contributed by atoms with Gasteiger partial charge in [0, 0.05) is 31.5 Å². The number of carbonyl (C=O) groups excluding carboxylic acids is 2. The van der Waals surface area contributed by atoms with E-state index in [9.17, 15) is 14.7 Å². The zero-order chi connectivity index (χ0) is 22.1. The molecule has 0 saturated carbocycles. The number of hydrogen-bond donors (Lipinski definition) is 1. The van der Waals surface area contributed by atoms with Crippen LogP contribution in [0.5, 0.6) is 0 Å². The highest BCUT2D eigenvalue weighted by Gasteiger charge is 2.46. The van der Waals surface area contributed by atoms with E-state index >= 15 is 0 Å². The molecule has 3 aromatic rings. The Bertz CT molecular complexity index is 1200. The minimum atomic E-state index is -0.760. The molecular weight excluding hydrogens is 418 g/mol. The zero-order valence-corrected chi connectivity index (χ0v) is 18.0. The Morgan fingerprint density at radius 3 is 2.77 bits per heavy atom. The van der Waals surface area contributed by atoms with Crippen LogP contribution >= 0.6 is 11.6 Å². The number of halogens is 1. The summed E-state index contributed by atoms with van der Waals surface area (Å²) in [6, 6.07) is 11.7. The molecule has 2 aromatic heterocycles. The average molecular weight is 440 g/mol. The van der Waals surface area contributed by atoms with Gasteiger partial charge in [-0.2, -0.15) is 0 Å². The van der Waals surface area contributed by atoms with E-state index in [1.54, 1.807) is 48.9 Å². The Morgan fingerprint density at radius 1 is 1.23 bits per heavy atom. The van der Waals surface area contributed by atoms with Crippen molar-refractivity contribution in [3.63, 3.8) is 0 Å². The molecule has 1 aromatic carbocycles. The first-order valence-electron chi connectivity index (χ1n) is 9.91. The van der Waals surface area contributed by atoms with Crippen molar-refractivity contribution in [2.45, 2.75) is 19.4 Å². The molecule has 0 radical (unpaired) electrons. The molecule has 1 N–H and O–H groups in total. The van der Waals surface area contributed by atoms with Gasteiger partial charge in [-0.3, -0.25) is 14.0 Å². The summed E-state index contributed by atoms with van der Waals surface area (Å²) in [5.74, 6) is -1.65. The van der Waals surface area contributed by atoms with Gasteiger partial charge >= 0.3 is 0 Å². The van der Waals surface area contributed by atoms with Crippen LogP contribution in [0.2, 0.25) is 5.02 Å². The van der Waals surface area contributed by atoms with Crippen molar-refractivity contribution in [2.24, 2.45) is 0 Å². The number of likely N-dealkylation sites (tertiary alicyclic amines) is 1. The maximum Gasteiger partial charge on any atom is 0.295 e. The SMILES string of the molecule is COCCCN1C(=O)C(=O)/C(=C(/O)c2c(C)nc3ccccn23)C1c1cccc(Cl)c1. The van der Waals surface area contributed by atoms with E-state index < -0.39 is 17.7 Å². The predicted molar refractivity (Wildman–Crippen MR) is 117 cm³/mol. The largest absolute Gasteiger partial charge is 0.505 e. The standard InChI is InChI=1S/C23H22ClN3O4/c1-14-19(26-10-4-3-9-17(26)25-14)21(28)18-20(15-7-5-8-16(24)13-15)27(11-6-12-31-2)23(30)22(18)29/h3-5,7-10,13,20,28H,6,11-12H2,1-2H3/b21-18+. The molecular formula is C23H22ClN3O4. The number of benzene rings is 1. The Kier molecular flexibility index (Phi) is 5.80. The second-order valence-corrected chi connectivity index (χ2v) is 7.80. The highest BCUT2D eigenvalue weighted by Crippen LogP contribution is 2.40.